The van der Waals surface area contributed by atoms with Gasteiger partial charge in [-0.05, 0) is 21.0 Å². The molecule has 0 heterocycles. The van der Waals surface area contributed by atoms with E-state index in [-0.39, 0.29) is 5.97 Å². The van der Waals surface area contributed by atoms with Crippen molar-refractivity contribution in [2.75, 3.05) is 40.5 Å². The molecule has 0 aromatic rings. The third-order valence-corrected chi connectivity index (χ3v) is 1.46. The van der Waals surface area contributed by atoms with E-state index in [0.717, 1.165) is 6.54 Å². The molecule has 0 rings (SSSR count). The van der Waals surface area contributed by atoms with Gasteiger partial charge in [-0.1, -0.05) is 0 Å². The maximum atomic E-state index is 11.0. The maximum Gasteiger partial charge on any atom is 0.308 e. The Hall–Kier alpha value is -0.610. The first-order valence-corrected chi connectivity index (χ1v) is 4.55. The molecule has 0 aliphatic carbocycles. The molecule has 0 atom stereocenters. The number of esters is 1. The Morgan fingerprint density at radius 2 is 2.00 bits per heavy atom. The topological polar surface area (TPSA) is 38.8 Å². The summed E-state index contributed by atoms with van der Waals surface area (Å²) in [6, 6.07) is 0. The lowest BCUT2D eigenvalue weighted by molar-refractivity contribution is -0.145. The standard InChI is InChI=1S/C9H19NO3/c1-4-12-7-5-9(11)13-8-6-10(2)3/h4-8H2,1-3H3. The quantitative estimate of drug-likeness (QED) is 0.432. The first-order valence-electron chi connectivity index (χ1n) is 4.55. The number of hydrogen-bond acceptors (Lipinski definition) is 4. The van der Waals surface area contributed by atoms with Crippen molar-refractivity contribution in [3.63, 3.8) is 0 Å². The number of rotatable bonds is 7. The van der Waals surface area contributed by atoms with Crippen LogP contribution >= 0.6 is 0 Å². The molecule has 0 aliphatic heterocycles. The van der Waals surface area contributed by atoms with Gasteiger partial charge in [-0.2, -0.15) is 0 Å². The van der Waals surface area contributed by atoms with Crippen LogP contribution in [0.1, 0.15) is 13.3 Å². The van der Waals surface area contributed by atoms with E-state index in [1.165, 1.54) is 0 Å². The molecular formula is C9H19NO3. The SMILES string of the molecule is CCOCCC(=O)OCCN(C)C. The van der Waals surface area contributed by atoms with Crippen molar-refractivity contribution in [3.8, 4) is 0 Å². The lowest BCUT2D eigenvalue weighted by Crippen LogP contribution is -2.20. The van der Waals surface area contributed by atoms with Crippen molar-refractivity contribution in [1.82, 2.24) is 4.90 Å². The van der Waals surface area contributed by atoms with Gasteiger partial charge in [0, 0.05) is 13.2 Å². The number of ether oxygens (including phenoxy) is 2. The van der Waals surface area contributed by atoms with Gasteiger partial charge in [-0.3, -0.25) is 4.79 Å². The first kappa shape index (κ1) is 12.4. The van der Waals surface area contributed by atoms with E-state index in [1.54, 1.807) is 0 Å². The van der Waals surface area contributed by atoms with Crippen molar-refractivity contribution >= 4 is 5.97 Å². The lowest BCUT2D eigenvalue weighted by atomic mass is 10.4. The molecule has 0 amide bonds. The Morgan fingerprint density at radius 1 is 1.31 bits per heavy atom. The van der Waals surface area contributed by atoms with E-state index in [2.05, 4.69) is 0 Å². The third kappa shape index (κ3) is 9.30. The van der Waals surface area contributed by atoms with Gasteiger partial charge in [0.15, 0.2) is 0 Å². The molecule has 0 unspecified atom stereocenters. The number of likely N-dealkylation sites (N-methyl/N-ethyl adjacent to an activating group) is 1. The Kier molecular flexibility index (Phi) is 7.63. The van der Waals surface area contributed by atoms with Gasteiger partial charge in [0.1, 0.15) is 6.61 Å². The van der Waals surface area contributed by atoms with Gasteiger partial charge < -0.3 is 14.4 Å². The predicted octanol–water partition coefficient (Wildman–Crippen LogP) is 0.518. The highest BCUT2D eigenvalue weighted by atomic mass is 16.5. The second-order valence-corrected chi connectivity index (χ2v) is 2.97. The Balaban J connectivity index is 3.20. The highest BCUT2D eigenvalue weighted by Crippen LogP contribution is 1.88. The Bertz CT molecular complexity index is 137. The number of carbonyl (C=O) groups excluding carboxylic acids is 1. The van der Waals surface area contributed by atoms with Crippen LogP contribution in [-0.4, -0.2) is 51.3 Å². The lowest BCUT2D eigenvalue weighted by Gasteiger charge is -2.09. The summed E-state index contributed by atoms with van der Waals surface area (Å²) in [5.41, 5.74) is 0. The van der Waals surface area contributed by atoms with Crippen molar-refractivity contribution in [2.24, 2.45) is 0 Å². The van der Waals surface area contributed by atoms with E-state index >= 15 is 0 Å². The van der Waals surface area contributed by atoms with Crippen molar-refractivity contribution < 1.29 is 14.3 Å². The van der Waals surface area contributed by atoms with Gasteiger partial charge in [-0.25, -0.2) is 0 Å². The molecule has 0 aromatic heterocycles. The molecule has 0 saturated heterocycles. The molecule has 4 nitrogen and oxygen atoms in total. The summed E-state index contributed by atoms with van der Waals surface area (Å²) in [5, 5.41) is 0. The number of nitrogens with zero attached hydrogens (tertiary/aromatic N) is 1. The molecule has 78 valence electrons. The summed E-state index contributed by atoms with van der Waals surface area (Å²) in [4.78, 5) is 12.9. The summed E-state index contributed by atoms with van der Waals surface area (Å²) in [6.45, 7) is 4.22. The highest BCUT2D eigenvalue weighted by molar-refractivity contribution is 5.69. The minimum absolute atomic E-state index is 0.185. The smallest absolute Gasteiger partial charge is 0.308 e. The van der Waals surface area contributed by atoms with Crippen LogP contribution in [0.2, 0.25) is 0 Å². The molecule has 0 aliphatic rings. The van der Waals surface area contributed by atoms with Gasteiger partial charge in [0.05, 0.1) is 13.0 Å². The molecule has 13 heavy (non-hydrogen) atoms. The first-order chi connectivity index (χ1) is 6.16. The monoisotopic (exact) mass is 189 g/mol. The summed E-state index contributed by atoms with van der Waals surface area (Å²) in [7, 11) is 3.88. The van der Waals surface area contributed by atoms with Crippen LogP contribution in [0.4, 0.5) is 0 Å². The zero-order valence-corrected chi connectivity index (χ0v) is 8.71. The molecule has 0 fully saturated rings. The van der Waals surface area contributed by atoms with Gasteiger partial charge >= 0.3 is 5.97 Å². The van der Waals surface area contributed by atoms with Gasteiger partial charge in [0.25, 0.3) is 0 Å². The fourth-order valence-corrected chi connectivity index (χ4v) is 0.714. The van der Waals surface area contributed by atoms with Crippen LogP contribution in [0.3, 0.4) is 0 Å². The van der Waals surface area contributed by atoms with E-state index in [4.69, 9.17) is 9.47 Å². The van der Waals surface area contributed by atoms with Crippen LogP contribution in [-0.2, 0) is 14.3 Å². The normalized spacial score (nSPS) is 10.5. The minimum Gasteiger partial charge on any atom is -0.464 e. The van der Waals surface area contributed by atoms with Gasteiger partial charge in [0.2, 0.25) is 0 Å². The van der Waals surface area contributed by atoms with Crippen LogP contribution in [0.15, 0.2) is 0 Å². The van der Waals surface area contributed by atoms with Gasteiger partial charge in [-0.15, -0.1) is 0 Å². The zero-order chi connectivity index (χ0) is 10.1. The summed E-state index contributed by atoms with van der Waals surface area (Å²) < 4.78 is 9.96. The van der Waals surface area contributed by atoms with Crippen molar-refractivity contribution in [2.45, 2.75) is 13.3 Å². The van der Waals surface area contributed by atoms with Crippen LogP contribution in [0, 0.1) is 0 Å². The predicted molar refractivity (Wildman–Crippen MR) is 50.6 cm³/mol. The van der Waals surface area contributed by atoms with Crippen LogP contribution in [0.25, 0.3) is 0 Å². The largest absolute Gasteiger partial charge is 0.464 e. The minimum atomic E-state index is -0.185. The van der Waals surface area contributed by atoms with E-state index in [9.17, 15) is 4.79 Å². The Morgan fingerprint density at radius 3 is 2.54 bits per heavy atom. The Labute approximate surface area is 79.8 Å². The molecule has 0 aromatic carbocycles. The second-order valence-electron chi connectivity index (χ2n) is 2.97. The number of carbonyl (C=O) groups is 1. The third-order valence-electron chi connectivity index (χ3n) is 1.46. The highest BCUT2D eigenvalue weighted by Gasteiger charge is 2.01. The van der Waals surface area contributed by atoms with E-state index in [1.807, 2.05) is 25.9 Å². The zero-order valence-electron chi connectivity index (χ0n) is 8.71. The van der Waals surface area contributed by atoms with Crippen LogP contribution < -0.4 is 0 Å². The summed E-state index contributed by atoms with van der Waals surface area (Å²) in [5.74, 6) is -0.185. The maximum absolute atomic E-state index is 11.0. The van der Waals surface area contributed by atoms with E-state index < -0.39 is 0 Å². The second kappa shape index (κ2) is 8.01. The molecule has 4 heteroatoms. The van der Waals surface area contributed by atoms with Crippen molar-refractivity contribution in [3.05, 3.63) is 0 Å². The number of hydrogen-bond donors (Lipinski definition) is 0. The molecular weight excluding hydrogens is 170 g/mol. The molecule has 0 bridgehead atoms. The molecule has 0 saturated carbocycles. The molecule has 0 radical (unpaired) electrons. The molecule has 0 spiro atoms. The summed E-state index contributed by atoms with van der Waals surface area (Å²) >= 11 is 0. The average Bonchev–Trinajstić information content (AvgIpc) is 2.04. The molecule has 0 N–H and O–H groups in total. The van der Waals surface area contributed by atoms with Crippen molar-refractivity contribution in [1.29, 1.82) is 0 Å². The summed E-state index contributed by atoms with van der Waals surface area (Å²) in [6.07, 6.45) is 0.348. The van der Waals surface area contributed by atoms with E-state index in [0.29, 0.717) is 26.2 Å². The van der Waals surface area contributed by atoms with Crippen LogP contribution in [0.5, 0.6) is 0 Å². The fourth-order valence-electron chi connectivity index (χ4n) is 0.714. The fraction of sp³-hybridized carbons (Fsp3) is 0.889. The average molecular weight is 189 g/mol.